The maximum atomic E-state index is 5.38. The number of nitrogens with zero attached hydrogens (tertiary/aromatic N) is 2. The number of benzene rings is 1. The first-order chi connectivity index (χ1) is 13.3. The van der Waals surface area contributed by atoms with E-state index in [1.807, 2.05) is 12.1 Å². The fourth-order valence-corrected chi connectivity index (χ4v) is 3.07. The third-order valence-corrected chi connectivity index (χ3v) is 4.67. The highest BCUT2D eigenvalue weighted by Gasteiger charge is 2.09. The number of aliphatic imine (C=N–C) groups is 1. The van der Waals surface area contributed by atoms with Crippen LogP contribution < -0.4 is 20.1 Å². The summed E-state index contributed by atoms with van der Waals surface area (Å²) in [5.74, 6) is 2.36. The first kappa shape index (κ1) is 21.3. The van der Waals surface area contributed by atoms with Crippen LogP contribution in [0.5, 0.6) is 11.5 Å². The summed E-state index contributed by atoms with van der Waals surface area (Å²) in [4.78, 5) is 6.76. The van der Waals surface area contributed by atoms with Crippen LogP contribution in [0, 0.1) is 0 Å². The second-order valence-electron chi connectivity index (χ2n) is 6.53. The van der Waals surface area contributed by atoms with E-state index in [1.165, 1.54) is 12.0 Å². The number of hydrogen-bond acceptors (Lipinski definition) is 5. The SMILES string of the molecule is CN=C(NCCCCN1CCOCC1)NCCc1ccc(OC)c(OC)c1. The topological polar surface area (TPSA) is 67.4 Å². The number of hydrogen-bond donors (Lipinski definition) is 2. The Balaban J connectivity index is 1.61. The molecule has 152 valence electrons. The summed E-state index contributed by atoms with van der Waals surface area (Å²) in [7, 11) is 5.11. The maximum Gasteiger partial charge on any atom is 0.190 e. The van der Waals surface area contributed by atoms with E-state index in [-0.39, 0.29) is 0 Å². The van der Waals surface area contributed by atoms with Crippen LogP contribution in [0.1, 0.15) is 18.4 Å². The minimum absolute atomic E-state index is 0.753. The smallest absolute Gasteiger partial charge is 0.190 e. The predicted octanol–water partition coefficient (Wildman–Crippen LogP) is 1.52. The summed E-state index contributed by atoms with van der Waals surface area (Å²) in [5.41, 5.74) is 1.20. The van der Waals surface area contributed by atoms with Gasteiger partial charge in [0.15, 0.2) is 17.5 Å². The number of ether oxygens (including phenoxy) is 3. The van der Waals surface area contributed by atoms with Gasteiger partial charge in [0.1, 0.15) is 0 Å². The Morgan fingerprint density at radius 1 is 1.07 bits per heavy atom. The third kappa shape index (κ3) is 7.64. The average Bonchev–Trinajstić information content (AvgIpc) is 2.72. The zero-order valence-electron chi connectivity index (χ0n) is 16.9. The molecule has 0 unspecified atom stereocenters. The van der Waals surface area contributed by atoms with Gasteiger partial charge in [0.05, 0.1) is 27.4 Å². The van der Waals surface area contributed by atoms with Crippen molar-refractivity contribution in [3.8, 4) is 11.5 Å². The van der Waals surface area contributed by atoms with Crippen LogP contribution in [0.2, 0.25) is 0 Å². The van der Waals surface area contributed by atoms with Gasteiger partial charge in [-0.05, 0) is 43.5 Å². The maximum absolute atomic E-state index is 5.38. The van der Waals surface area contributed by atoms with Gasteiger partial charge >= 0.3 is 0 Å². The zero-order chi connectivity index (χ0) is 19.3. The van der Waals surface area contributed by atoms with Crippen LogP contribution in [-0.4, -0.2) is 78.1 Å². The number of unbranched alkanes of at least 4 members (excludes halogenated alkanes) is 1. The molecule has 0 spiro atoms. The second-order valence-corrected chi connectivity index (χ2v) is 6.53. The van der Waals surface area contributed by atoms with Crippen molar-refractivity contribution in [2.75, 3.05) is 67.2 Å². The van der Waals surface area contributed by atoms with Crippen molar-refractivity contribution in [1.82, 2.24) is 15.5 Å². The fraction of sp³-hybridized carbons (Fsp3) is 0.650. The minimum Gasteiger partial charge on any atom is -0.493 e. The normalized spacial score (nSPS) is 15.4. The summed E-state index contributed by atoms with van der Waals surface area (Å²) in [6, 6.07) is 6.02. The lowest BCUT2D eigenvalue weighted by Crippen LogP contribution is -2.39. The first-order valence-electron chi connectivity index (χ1n) is 9.72. The number of guanidine groups is 1. The van der Waals surface area contributed by atoms with Gasteiger partial charge in [0.2, 0.25) is 0 Å². The molecule has 7 nitrogen and oxygen atoms in total. The third-order valence-electron chi connectivity index (χ3n) is 4.67. The molecule has 7 heteroatoms. The molecule has 2 rings (SSSR count). The van der Waals surface area contributed by atoms with Gasteiger partial charge in [0, 0.05) is 33.2 Å². The van der Waals surface area contributed by atoms with Crippen molar-refractivity contribution in [3.05, 3.63) is 23.8 Å². The quantitative estimate of drug-likeness (QED) is 0.366. The molecule has 1 aromatic rings. The Kier molecular flexibility index (Phi) is 9.79. The van der Waals surface area contributed by atoms with Crippen LogP contribution in [0.25, 0.3) is 0 Å². The molecular weight excluding hydrogens is 344 g/mol. The highest BCUT2D eigenvalue weighted by molar-refractivity contribution is 5.79. The van der Waals surface area contributed by atoms with Crippen molar-refractivity contribution >= 4 is 5.96 Å². The van der Waals surface area contributed by atoms with E-state index < -0.39 is 0 Å². The van der Waals surface area contributed by atoms with E-state index in [9.17, 15) is 0 Å². The molecule has 0 aliphatic carbocycles. The monoisotopic (exact) mass is 378 g/mol. The zero-order valence-corrected chi connectivity index (χ0v) is 16.9. The van der Waals surface area contributed by atoms with Crippen molar-refractivity contribution in [1.29, 1.82) is 0 Å². The predicted molar refractivity (Wildman–Crippen MR) is 109 cm³/mol. The lowest BCUT2D eigenvalue weighted by Gasteiger charge is -2.26. The Bertz CT molecular complexity index is 574. The van der Waals surface area contributed by atoms with Crippen molar-refractivity contribution in [2.45, 2.75) is 19.3 Å². The Morgan fingerprint density at radius 2 is 1.81 bits per heavy atom. The highest BCUT2D eigenvalue weighted by Crippen LogP contribution is 2.27. The van der Waals surface area contributed by atoms with Gasteiger partial charge in [-0.1, -0.05) is 6.07 Å². The molecule has 1 fully saturated rings. The molecule has 2 N–H and O–H groups in total. The van der Waals surface area contributed by atoms with Crippen molar-refractivity contribution in [2.24, 2.45) is 4.99 Å². The number of methoxy groups -OCH3 is 2. The van der Waals surface area contributed by atoms with E-state index in [0.29, 0.717) is 0 Å². The van der Waals surface area contributed by atoms with E-state index in [1.54, 1.807) is 21.3 Å². The Labute approximate surface area is 163 Å². The lowest BCUT2D eigenvalue weighted by atomic mass is 10.1. The van der Waals surface area contributed by atoms with Gasteiger partial charge in [-0.3, -0.25) is 9.89 Å². The minimum atomic E-state index is 0.753. The molecule has 1 aromatic carbocycles. The fourth-order valence-electron chi connectivity index (χ4n) is 3.07. The molecule has 0 aromatic heterocycles. The largest absolute Gasteiger partial charge is 0.493 e. The summed E-state index contributed by atoms with van der Waals surface area (Å²) < 4.78 is 16.0. The molecule has 1 heterocycles. The molecule has 0 atom stereocenters. The molecule has 0 saturated carbocycles. The lowest BCUT2D eigenvalue weighted by molar-refractivity contribution is 0.0372. The Hall–Kier alpha value is -1.99. The van der Waals surface area contributed by atoms with Crippen LogP contribution >= 0.6 is 0 Å². The van der Waals surface area contributed by atoms with Crippen LogP contribution in [-0.2, 0) is 11.2 Å². The molecular formula is C20H34N4O3. The summed E-state index contributed by atoms with van der Waals surface area (Å²) in [6.45, 7) is 6.75. The molecule has 0 radical (unpaired) electrons. The first-order valence-corrected chi connectivity index (χ1v) is 9.72. The summed E-state index contributed by atoms with van der Waals surface area (Å²) in [6.07, 6.45) is 3.21. The number of morpholine rings is 1. The van der Waals surface area contributed by atoms with Crippen molar-refractivity contribution < 1.29 is 14.2 Å². The average molecular weight is 379 g/mol. The van der Waals surface area contributed by atoms with Crippen LogP contribution in [0.15, 0.2) is 23.2 Å². The highest BCUT2D eigenvalue weighted by atomic mass is 16.5. The molecule has 0 amide bonds. The van der Waals surface area contributed by atoms with E-state index in [2.05, 4.69) is 26.6 Å². The molecule has 1 saturated heterocycles. The van der Waals surface area contributed by atoms with E-state index in [4.69, 9.17) is 14.2 Å². The van der Waals surface area contributed by atoms with Crippen LogP contribution in [0.3, 0.4) is 0 Å². The van der Waals surface area contributed by atoms with Gasteiger partial charge in [-0.25, -0.2) is 0 Å². The van der Waals surface area contributed by atoms with Crippen LogP contribution in [0.4, 0.5) is 0 Å². The standard InChI is InChI=1S/C20H34N4O3/c1-21-20(22-9-4-5-11-24-12-14-27-15-13-24)23-10-8-17-6-7-18(25-2)19(16-17)26-3/h6-7,16H,4-5,8-15H2,1-3H3,(H2,21,22,23). The summed E-state index contributed by atoms with van der Waals surface area (Å²) >= 11 is 0. The van der Waals surface area contributed by atoms with E-state index >= 15 is 0 Å². The number of nitrogens with one attached hydrogen (secondary N) is 2. The number of rotatable bonds is 10. The van der Waals surface area contributed by atoms with Gasteiger partial charge in [0.25, 0.3) is 0 Å². The Morgan fingerprint density at radius 3 is 2.52 bits per heavy atom. The van der Waals surface area contributed by atoms with Gasteiger partial charge < -0.3 is 24.8 Å². The molecule has 0 bridgehead atoms. The summed E-state index contributed by atoms with van der Waals surface area (Å²) in [5, 5.41) is 6.75. The second kappa shape index (κ2) is 12.4. The molecule has 27 heavy (non-hydrogen) atoms. The van der Waals surface area contributed by atoms with Gasteiger partial charge in [-0.2, -0.15) is 0 Å². The molecule has 1 aliphatic heterocycles. The van der Waals surface area contributed by atoms with E-state index in [0.717, 1.165) is 76.2 Å². The molecule has 1 aliphatic rings. The van der Waals surface area contributed by atoms with Crippen molar-refractivity contribution in [3.63, 3.8) is 0 Å². The van der Waals surface area contributed by atoms with Gasteiger partial charge in [-0.15, -0.1) is 0 Å².